The Labute approximate surface area is 125 Å². The van der Waals surface area contributed by atoms with Crippen LogP contribution in [0.3, 0.4) is 0 Å². The maximum atomic E-state index is 13.5. The predicted octanol–water partition coefficient (Wildman–Crippen LogP) is 2.32. The molecule has 2 atom stereocenters. The summed E-state index contributed by atoms with van der Waals surface area (Å²) in [7, 11) is 0. The summed E-state index contributed by atoms with van der Waals surface area (Å²) < 4.78 is 27.1. The zero-order valence-electron chi connectivity index (χ0n) is 12.6. The Bertz CT molecular complexity index is 447. The Kier molecular flexibility index (Phi) is 5.67. The first-order chi connectivity index (χ1) is 9.99. The number of aliphatic hydroxyl groups is 1. The van der Waals surface area contributed by atoms with Crippen LogP contribution in [0.1, 0.15) is 31.9 Å². The van der Waals surface area contributed by atoms with Crippen LogP contribution in [0.4, 0.5) is 8.78 Å². The maximum Gasteiger partial charge on any atom is 0.131 e. The third-order valence-corrected chi connectivity index (χ3v) is 4.15. The Morgan fingerprint density at radius 1 is 1.33 bits per heavy atom. The number of hydrogen-bond donors (Lipinski definition) is 2. The van der Waals surface area contributed by atoms with Gasteiger partial charge in [0, 0.05) is 19.1 Å². The predicted molar refractivity (Wildman–Crippen MR) is 79.0 cm³/mol. The van der Waals surface area contributed by atoms with Crippen LogP contribution in [0.2, 0.25) is 0 Å². The van der Waals surface area contributed by atoms with Crippen molar-refractivity contribution in [1.82, 2.24) is 10.2 Å². The van der Waals surface area contributed by atoms with Crippen molar-refractivity contribution in [2.24, 2.45) is 5.92 Å². The molecule has 1 aliphatic heterocycles. The second-order valence-corrected chi connectivity index (χ2v) is 6.05. The van der Waals surface area contributed by atoms with Crippen LogP contribution in [0.5, 0.6) is 0 Å². The van der Waals surface area contributed by atoms with Crippen LogP contribution < -0.4 is 5.32 Å². The maximum absolute atomic E-state index is 13.5. The summed E-state index contributed by atoms with van der Waals surface area (Å²) in [5.74, 6) is -0.864. The number of likely N-dealkylation sites (tertiary alicyclic amines) is 1. The number of hydrogen-bond acceptors (Lipinski definition) is 3. The monoisotopic (exact) mass is 298 g/mol. The van der Waals surface area contributed by atoms with Crippen molar-refractivity contribution in [3.8, 4) is 0 Å². The van der Waals surface area contributed by atoms with Gasteiger partial charge in [0.05, 0.1) is 11.7 Å². The molecule has 118 valence electrons. The van der Waals surface area contributed by atoms with Crippen LogP contribution in [0.25, 0.3) is 0 Å². The summed E-state index contributed by atoms with van der Waals surface area (Å²) in [6, 6.07) is 4.18. The van der Waals surface area contributed by atoms with Gasteiger partial charge in [0.1, 0.15) is 11.6 Å². The van der Waals surface area contributed by atoms with Gasteiger partial charge in [0.2, 0.25) is 0 Å². The lowest BCUT2D eigenvalue weighted by Crippen LogP contribution is -2.32. The summed E-state index contributed by atoms with van der Waals surface area (Å²) in [6.07, 6.45) is -0.0381. The van der Waals surface area contributed by atoms with Gasteiger partial charge in [-0.2, -0.15) is 0 Å². The van der Waals surface area contributed by atoms with E-state index in [9.17, 15) is 13.9 Å². The molecule has 0 spiro atoms. The molecule has 0 amide bonds. The molecular weight excluding hydrogens is 274 g/mol. The van der Waals surface area contributed by atoms with E-state index in [0.717, 1.165) is 26.1 Å². The number of nitrogens with one attached hydrogen (secondary N) is 1. The summed E-state index contributed by atoms with van der Waals surface area (Å²) in [5, 5.41) is 13.1. The highest BCUT2D eigenvalue weighted by Gasteiger charge is 2.24. The summed E-state index contributed by atoms with van der Waals surface area (Å²) in [6.45, 7) is 7.41. The molecule has 2 unspecified atom stereocenters. The van der Waals surface area contributed by atoms with Crippen LogP contribution in [0.15, 0.2) is 18.2 Å². The fourth-order valence-electron chi connectivity index (χ4n) is 2.85. The van der Waals surface area contributed by atoms with Gasteiger partial charge in [-0.25, -0.2) is 8.78 Å². The van der Waals surface area contributed by atoms with Gasteiger partial charge in [-0.1, -0.05) is 6.07 Å². The number of aliphatic hydroxyl groups excluding tert-OH is 1. The summed E-state index contributed by atoms with van der Waals surface area (Å²) >= 11 is 0. The molecule has 0 saturated carbocycles. The zero-order valence-corrected chi connectivity index (χ0v) is 12.6. The quantitative estimate of drug-likeness (QED) is 0.846. The third-order valence-electron chi connectivity index (χ3n) is 4.15. The minimum Gasteiger partial charge on any atom is -0.387 e. The Morgan fingerprint density at radius 3 is 2.57 bits per heavy atom. The lowest BCUT2D eigenvalue weighted by molar-refractivity contribution is 0.163. The molecule has 2 rings (SSSR count). The highest BCUT2D eigenvalue weighted by atomic mass is 19.1. The molecule has 0 radical (unpaired) electrons. The first-order valence-electron chi connectivity index (χ1n) is 7.55. The first kappa shape index (κ1) is 16.3. The molecule has 2 N–H and O–H groups in total. The van der Waals surface area contributed by atoms with Crippen molar-refractivity contribution in [1.29, 1.82) is 0 Å². The molecule has 1 saturated heterocycles. The zero-order chi connectivity index (χ0) is 15.4. The molecule has 0 aliphatic carbocycles. The molecule has 1 heterocycles. The summed E-state index contributed by atoms with van der Waals surface area (Å²) in [4.78, 5) is 2.42. The molecule has 1 aromatic rings. The fourth-order valence-corrected chi connectivity index (χ4v) is 2.85. The second-order valence-electron chi connectivity index (χ2n) is 6.05. The van der Waals surface area contributed by atoms with E-state index >= 15 is 0 Å². The molecule has 1 aliphatic rings. The van der Waals surface area contributed by atoms with Crippen molar-refractivity contribution >= 4 is 0 Å². The lowest BCUT2D eigenvalue weighted by Gasteiger charge is -2.20. The molecule has 3 nitrogen and oxygen atoms in total. The topological polar surface area (TPSA) is 35.5 Å². The Morgan fingerprint density at radius 2 is 2.00 bits per heavy atom. The van der Waals surface area contributed by atoms with E-state index in [1.165, 1.54) is 18.2 Å². The Balaban J connectivity index is 1.79. The van der Waals surface area contributed by atoms with Crippen LogP contribution in [-0.2, 0) is 0 Å². The number of rotatable bonds is 6. The highest BCUT2D eigenvalue weighted by molar-refractivity contribution is 5.22. The van der Waals surface area contributed by atoms with E-state index in [4.69, 9.17) is 0 Å². The van der Waals surface area contributed by atoms with Crippen molar-refractivity contribution in [2.45, 2.75) is 32.4 Å². The summed E-state index contributed by atoms with van der Waals surface area (Å²) in [5.41, 5.74) is -0.250. The highest BCUT2D eigenvalue weighted by Crippen LogP contribution is 2.21. The molecule has 21 heavy (non-hydrogen) atoms. The van der Waals surface area contributed by atoms with Gasteiger partial charge in [-0.05, 0) is 51.4 Å². The van der Waals surface area contributed by atoms with Gasteiger partial charge in [0.15, 0.2) is 0 Å². The van der Waals surface area contributed by atoms with Crippen molar-refractivity contribution in [3.05, 3.63) is 35.4 Å². The van der Waals surface area contributed by atoms with E-state index in [0.29, 0.717) is 12.0 Å². The van der Waals surface area contributed by atoms with Gasteiger partial charge >= 0.3 is 0 Å². The SMILES string of the molecule is CC(C)N1CCC(CNCC(O)c2c(F)cccc2F)C1. The van der Waals surface area contributed by atoms with Crippen molar-refractivity contribution < 1.29 is 13.9 Å². The fraction of sp³-hybridized carbons (Fsp3) is 0.625. The molecule has 0 aromatic heterocycles. The molecular formula is C16H24F2N2O. The smallest absolute Gasteiger partial charge is 0.131 e. The number of halogens is 2. The van der Waals surface area contributed by atoms with Crippen LogP contribution >= 0.6 is 0 Å². The van der Waals surface area contributed by atoms with E-state index in [1.807, 2.05) is 0 Å². The van der Waals surface area contributed by atoms with Gasteiger partial charge in [0.25, 0.3) is 0 Å². The first-order valence-corrected chi connectivity index (χ1v) is 7.55. The van der Waals surface area contributed by atoms with Gasteiger partial charge < -0.3 is 15.3 Å². The minimum atomic E-state index is -1.16. The van der Waals surface area contributed by atoms with E-state index in [-0.39, 0.29) is 12.1 Å². The average molecular weight is 298 g/mol. The number of benzene rings is 1. The largest absolute Gasteiger partial charge is 0.387 e. The molecule has 1 aromatic carbocycles. The van der Waals surface area contributed by atoms with E-state index in [1.54, 1.807) is 0 Å². The van der Waals surface area contributed by atoms with Gasteiger partial charge in [-0.15, -0.1) is 0 Å². The number of nitrogens with zero attached hydrogens (tertiary/aromatic N) is 1. The average Bonchev–Trinajstić information content (AvgIpc) is 2.87. The van der Waals surface area contributed by atoms with Crippen LogP contribution in [-0.4, -0.2) is 42.2 Å². The van der Waals surface area contributed by atoms with Crippen molar-refractivity contribution in [2.75, 3.05) is 26.2 Å². The standard InChI is InChI=1S/C16H24F2N2O/c1-11(2)20-7-6-12(10-20)8-19-9-15(21)16-13(17)4-3-5-14(16)18/h3-5,11-12,15,19,21H,6-10H2,1-2H3. The van der Waals surface area contributed by atoms with E-state index in [2.05, 4.69) is 24.1 Å². The van der Waals surface area contributed by atoms with Crippen molar-refractivity contribution in [3.63, 3.8) is 0 Å². The van der Waals surface area contributed by atoms with E-state index < -0.39 is 17.7 Å². The molecule has 5 heteroatoms. The Hall–Kier alpha value is -1.04. The minimum absolute atomic E-state index is 0.163. The van der Waals surface area contributed by atoms with Crippen LogP contribution in [0, 0.1) is 17.6 Å². The lowest BCUT2D eigenvalue weighted by atomic mass is 10.1. The third kappa shape index (κ3) is 4.22. The molecule has 1 fully saturated rings. The molecule has 0 bridgehead atoms. The normalized spacial score (nSPS) is 21.1. The van der Waals surface area contributed by atoms with Gasteiger partial charge in [-0.3, -0.25) is 0 Å². The second kappa shape index (κ2) is 7.29.